The minimum absolute atomic E-state index is 0.238. The van der Waals surface area contributed by atoms with E-state index >= 15 is 0 Å². The van der Waals surface area contributed by atoms with Gasteiger partial charge in [-0.05, 0) is 36.2 Å². The number of fused-ring (bicyclic) bond motifs is 1. The molecule has 1 aliphatic rings. The zero-order valence-corrected chi connectivity index (χ0v) is 12.6. The summed E-state index contributed by atoms with van der Waals surface area (Å²) in [7, 11) is 1.72. The summed E-state index contributed by atoms with van der Waals surface area (Å²) in [4.78, 5) is 0. The van der Waals surface area contributed by atoms with Gasteiger partial charge in [-0.3, -0.25) is 0 Å². The first-order valence-corrected chi connectivity index (χ1v) is 7.47. The van der Waals surface area contributed by atoms with Gasteiger partial charge in [0.25, 0.3) is 0 Å². The van der Waals surface area contributed by atoms with Gasteiger partial charge >= 0.3 is 0 Å². The van der Waals surface area contributed by atoms with Gasteiger partial charge in [-0.15, -0.1) is 0 Å². The highest BCUT2D eigenvalue weighted by atomic mass is 16.5. The monoisotopic (exact) mass is 283 g/mol. The number of nitrogens with one attached hydrogen (secondary N) is 1. The standard InChI is InChI=1S/C18H21NO2/c1-3-16(15-6-4-5-7-18(15)20-2)19-14-8-9-17-13(12-14)10-11-21-17/h4-9,12,16,19H,3,10-11H2,1-2H3. The van der Waals surface area contributed by atoms with Crippen molar-refractivity contribution >= 4 is 5.69 Å². The predicted molar refractivity (Wildman–Crippen MR) is 85.3 cm³/mol. The fourth-order valence-electron chi connectivity index (χ4n) is 2.83. The molecule has 0 aromatic heterocycles. The number of anilines is 1. The van der Waals surface area contributed by atoms with Gasteiger partial charge in [-0.2, -0.15) is 0 Å². The van der Waals surface area contributed by atoms with Gasteiger partial charge < -0.3 is 14.8 Å². The summed E-state index contributed by atoms with van der Waals surface area (Å²) >= 11 is 0. The zero-order valence-electron chi connectivity index (χ0n) is 12.6. The van der Waals surface area contributed by atoms with Crippen LogP contribution in [0.2, 0.25) is 0 Å². The second-order valence-corrected chi connectivity index (χ2v) is 5.27. The molecule has 3 heteroatoms. The third kappa shape index (κ3) is 2.82. The molecule has 1 N–H and O–H groups in total. The molecule has 1 heterocycles. The van der Waals surface area contributed by atoms with Gasteiger partial charge in [-0.1, -0.05) is 25.1 Å². The molecule has 0 saturated carbocycles. The molecular weight excluding hydrogens is 262 g/mol. The number of para-hydroxylation sites is 1. The van der Waals surface area contributed by atoms with E-state index in [-0.39, 0.29) is 6.04 Å². The van der Waals surface area contributed by atoms with E-state index in [9.17, 15) is 0 Å². The Morgan fingerprint density at radius 1 is 1.24 bits per heavy atom. The van der Waals surface area contributed by atoms with Gasteiger partial charge in [0.2, 0.25) is 0 Å². The van der Waals surface area contributed by atoms with E-state index in [2.05, 4.69) is 42.6 Å². The average Bonchev–Trinajstić information content (AvgIpc) is 3.00. The Balaban J connectivity index is 1.84. The van der Waals surface area contributed by atoms with Crippen molar-refractivity contribution in [2.75, 3.05) is 19.0 Å². The second-order valence-electron chi connectivity index (χ2n) is 5.27. The average molecular weight is 283 g/mol. The van der Waals surface area contributed by atoms with E-state index in [4.69, 9.17) is 9.47 Å². The van der Waals surface area contributed by atoms with Crippen LogP contribution in [0.3, 0.4) is 0 Å². The van der Waals surface area contributed by atoms with Gasteiger partial charge in [0.15, 0.2) is 0 Å². The fraction of sp³-hybridized carbons (Fsp3) is 0.333. The van der Waals surface area contributed by atoms with Crippen LogP contribution < -0.4 is 14.8 Å². The van der Waals surface area contributed by atoms with Crippen LogP contribution in [0.15, 0.2) is 42.5 Å². The highest BCUT2D eigenvalue weighted by Crippen LogP contribution is 2.33. The zero-order chi connectivity index (χ0) is 14.7. The molecule has 0 fully saturated rings. The van der Waals surface area contributed by atoms with E-state index in [0.29, 0.717) is 0 Å². The number of rotatable bonds is 5. The van der Waals surface area contributed by atoms with Crippen molar-refractivity contribution in [1.82, 2.24) is 0 Å². The van der Waals surface area contributed by atoms with Crippen LogP contribution in [0.4, 0.5) is 5.69 Å². The third-order valence-electron chi connectivity index (χ3n) is 3.95. The molecule has 0 spiro atoms. The van der Waals surface area contributed by atoms with Crippen LogP contribution in [0, 0.1) is 0 Å². The first-order chi connectivity index (χ1) is 10.3. The molecule has 2 aromatic rings. The third-order valence-corrected chi connectivity index (χ3v) is 3.95. The lowest BCUT2D eigenvalue weighted by Gasteiger charge is -2.21. The minimum Gasteiger partial charge on any atom is -0.496 e. The lowest BCUT2D eigenvalue weighted by molar-refractivity contribution is 0.357. The fourth-order valence-corrected chi connectivity index (χ4v) is 2.83. The molecule has 0 radical (unpaired) electrons. The molecule has 1 unspecified atom stereocenters. The van der Waals surface area contributed by atoms with Crippen molar-refractivity contribution in [3.63, 3.8) is 0 Å². The van der Waals surface area contributed by atoms with E-state index in [1.54, 1.807) is 7.11 Å². The van der Waals surface area contributed by atoms with E-state index in [1.807, 2.05) is 12.1 Å². The minimum atomic E-state index is 0.238. The summed E-state index contributed by atoms with van der Waals surface area (Å²) in [5.41, 5.74) is 3.62. The number of hydrogen-bond acceptors (Lipinski definition) is 3. The Hall–Kier alpha value is -2.16. The summed E-state index contributed by atoms with van der Waals surface area (Å²) in [5, 5.41) is 3.61. The Morgan fingerprint density at radius 2 is 2.10 bits per heavy atom. The maximum absolute atomic E-state index is 5.56. The van der Waals surface area contributed by atoms with Gasteiger partial charge in [-0.25, -0.2) is 0 Å². The van der Waals surface area contributed by atoms with Crippen LogP contribution >= 0.6 is 0 Å². The van der Waals surface area contributed by atoms with Crippen LogP contribution in [-0.4, -0.2) is 13.7 Å². The summed E-state index contributed by atoms with van der Waals surface area (Å²) in [6, 6.07) is 14.8. The molecule has 3 rings (SSSR count). The molecule has 21 heavy (non-hydrogen) atoms. The molecule has 1 aliphatic heterocycles. The van der Waals surface area contributed by atoms with Crippen molar-refractivity contribution in [3.05, 3.63) is 53.6 Å². The molecular formula is C18H21NO2. The van der Waals surface area contributed by atoms with Gasteiger partial charge in [0, 0.05) is 17.7 Å². The molecule has 3 nitrogen and oxygen atoms in total. The summed E-state index contributed by atoms with van der Waals surface area (Å²) < 4.78 is 11.0. The molecule has 0 saturated heterocycles. The van der Waals surface area contributed by atoms with Crippen LogP contribution in [0.25, 0.3) is 0 Å². The van der Waals surface area contributed by atoms with Crippen LogP contribution in [0.1, 0.15) is 30.5 Å². The SMILES string of the molecule is CCC(Nc1ccc2c(c1)CCO2)c1ccccc1OC. The van der Waals surface area contributed by atoms with Crippen LogP contribution in [0.5, 0.6) is 11.5 Å². The first kappa shape index (κ1) is 13.8. The van der Waals surface area contributed by atoms with E-state index < -0.39 is 0 Å². The Morgan fingerprint density at radius 3 is 2.90 bits per heavy atom. The molecule has 0 amide bonds. The van der Waals surface area contributed by atoms with Gasteiger partial charge in [0.05, 0.1) is 19.8 Å². The first-order valence-electron chi connectivity index (χ1n) is 7.47. The normalized spacial score (nSPS) is 14.2. The molecule has 0 bridgehead atoms. The smallest absolute Gasteiger partial charge is 0.124 e. The molecule has 2 aromatic carbocycles. The lowest BCUT2D eigenvalue weighted by atomic mass is 10.0. The van der Waals surface area contributed by atoms with Crippen LogP contribution in [-0.2, 0) is 6.42 Å². The Labute approximate surface area is 125 Å². The number of methoxy groups -OCH3 is 1. The van der Waals surface area contributed by atoms with Crippen molar-refractivity contribution in [1.29, 1.82) is 0 Å². The number of hydrogen-bond donors (Lipinski definition) is 1. The largest absolute Gasteiger partial charge is 0.496 e. The molecule has 0 aliphatic carbocycles. The quantitative estimate of drug-likeness (QED) is 0.892. The predicted octanol–water partition coefficient (Wildman–Crippen LogP) is 4.19. The van der Waals surface area contributed by atoms with Crippen molar-refractivity contribution < 1.29 is 9.47 Å². The van der Waals surface area contributed by atoms with Crippen molar-refractivity contribution in [2.45, 2.75) is 25.8 Å². The highest BCUT2D eigenvalue weighted by molar-refractivity contribution is 5.54. The molecule has 1 atom stereocenters. The maximum Gasteiger partial charge on any atom is 0.124 e. The highest BCUT2D eigenvalue weighted by Gasteiger charge is 2.16. The summed E-state index contributed by atoms with van der Waals surface area (Å²) in [6.07, 6.45) is 1.99. The topological polar surface area (TPSA) is 30.5 Å². The van der Waals surface area contributed by atoms with Crippen molar-refractivity contribution in [3.8, 4) is 11.5 Å². The lowest BCUT2D eigenvalue weighted by Crippen LogP contribution is -2.11. The second kappa shape index (κ2) is 6.08. The van der Waals surface area contributed by atoms with Gasteiger partial charge in [0.1, 0.15) is 11.5 Å². The maximum atomic E-state index is 5.56. The summed E-state index contributed by atoms with van der Waals surface area (Å²) in [6.45, 7) is 2.98. The Kier molecular flexibility index (Phi) is 4.00. The van der Waals surface area contributed by atoms with E-state index in [0.717, 1.165) is 36.6 Å². The molecule has 110 valence electrons. The number of benzene rings is 2. The van der Waals surface area contributed by atoms with E-state index in [1.165, 1.54) is 11.1 Å². The van der Waals surface area contributed by atoms with Crippen molar-refractivity contribution in [2.24, 2.45) is 0 Å². The Bertz CT molecular complexity index is 624. The summed E-state index contributed by atoms with van der Waals surface area (Å²) in [5.74, 6) is 1.95. The number of ether oxygens (including phenoxy) is 2.